The van der Waals surface area contributed by atoms with Gasteiger partial charge in [0.1, 0.15) is 5.01 Å². The minimum Gasteiger partial charge on any atom is -0.240 e. The number of fused-ring (bicyclic) bond motifs is 1. The maximum Gasteiger partial charge on any atom is 0.254 e. The molecule has 21 heavy (non-hydrogen) atoms. The number of hydrogen-bond acceptors (Lipinski definition) is 6. The van der Waals surface area contributed by atoms with E-state index >= 15 is 0 Å². The summed E-state index contributed by atoms with van der Waals surface area (Å²) in [7, 11) is -2.06. The van der Waals surface area contributed by atoms with Crippen molar-refractivity contribution in [1.29, 1.82) is 0 Å². The summed E-state index contributed by atoms with van der Waals surface area (Å²) in [5.41, 5.74) is 0.879. The monoisotopic (exact) mass is 359 g/mol. The summed E-state index contributed by atoms with van der Waals surface area (Å²) in [6.07, 6.45) is 1.27. The molecule has 2 aromatic heterocycles. The molecular weight excluding hydrogens is 350 g/mol. The summed E-state index contributed by atoms with van der Waals surface area (Å²) < 4.78 is 27.4. The predicted octanol–water partition coefficient (Wildman–Crippen LogP) is 3.23. The number of benzene rings is 1. The Balaban J connectivity index is 1.87. The molecule has 0 saturated carbocycles. The first-order valence-corrected chi connectivity index (χ1v) is 9.34. The van der Waals surface area contributed by atoms with E-state index in [1.807, 2.05) is 24.3 Å². The zero-order valence-electron chi connectivity index (χ0n) is 10.9. The van der Waals surface area contributed by atoms with Gasteiger partial charge >= 0.3 is 0 Å². The van der Waals surface area contributed by atoms with Gasteiger partial charge in [0.2, 0.25) is 0 Å². The van der Waals surface area contributed by atoms with Gasteiger partial charge in [-0.05, 0) is 12.1 Å². The van der Waals surface area contributed by atoms with Gasteiger partial charge in [-0.15, -0.1) is 11.3 Å². The van der Waals surface area contributed by atoms with Crippen LogP contribution in [0.1, 0.15) is 5.01 Å². The van der Waals surface area contributed by atoms with E-state index in [1.54, 1.807) is 0 Å². The van der Waals surface area contributed by atoms with E-state index < -0.39 is 10.0 Å². The van der Waals surface area contributed by atoms with E-state index in [0.717, 1.165) is 26.6 Å². The van der Waals surface area contributed by atoms with Gasteiger partial charge in [0.15, 0.2) is 8.68 Å². The molecule has 0 saturated heterocycles. The van der Waals surface area contributed by atoms with Crippen LogP contribution < -0.4 is 0 Å². The normalized spacial score (nSPS) is 12.3. The highest BCUT2D eigenvalue weighted by Crippen LogP contribution is 2.27. The Morgan fingerprint density at radius 1 is 1.29 bits per heavy atom. The van der Waals surface area contributed by atoms with E-state index in [4.69, 9.17) is 11.6 Å². The SMILES string of the molecule is CN(Cc1nc2ccccc2s1)S(=O)(=O)c1cnc(Cl)s1. The number of halogens is 1. The zero-order valence-corrected chi connectivity index (χ0v) is 14.1. The Bertz CT molecular complexity index is 855. The summed E-state index contributed by atoms with van der Waals surface area (Å²) in [5, 5.41) is 0.748. The van der Waals surface area contributed by atoms with Crippen molar-refractivity contribution in [3.05, 3.63) is 39.9 Å². The van der Waals surface area contributed by atoms with Crippen LogP contribution in [-0.4, -0.2) is 29.7 Å². The first kappa shape index (κ1) is 14.9. The molecule has 0 unspecified atom stereocenters. The van der Waals surface area contributed by atoms with Crippen LogP contribution in [0.4, 0.5) is 0 Å². The maximum atomic E-state index is 12.4. The Kier molecular flexibility index (Phi) is 3.98. The fourth-order valence-corrected chi connectivity index (χ4v) is 5.51. The first-order chi connectivity index (χ1) is 9.96. The van der Waals surface area contributed by atoms with E-state index in [9.17, 15) is 8.42 Å². The van der Waals surface area contributed by atoms with Crippen molar-refractivity contribution in [2.24, 2.45) is 0 Å². The van der Waals surface area contributed by atoms with E-state index in [1.165, 1.54) is 28.9 Å². The van der Waals surface area contributed by atoms with Gasteiger partial charge in [0, 0.05) is 7.05 Å². The van der Waals surface area contributed by atoms with Crippen molar-refractivity contribution in [2.75, 3.05) is 7.05 Å². The Morgan fingerprint density at radius 3 is 2.71 bits per heavy atom. The smallest absolute Gasteiger partial charge is 0.240 e. The minimum absolute atomic E-state index is 0.135. The summed E-state index contributed by atoms with van der Waals surface area (Å²) >= 11 is 8.13. The molecule has 1 aromatic carbocycles. The molecule has 0 aliphatic carbocycles. The molecular formula is C12H10ClN3O2S3. The highest BCUT2D eigenvalue weighted by molar-refractivity contribution is 7.91. The second kappa shape index (κ2) is 5.62. The summed E-state index contributed by atoms with van der Waals surface area (Å²) in [6, 6.07) is 7.72. The van der Waals surface area contributed by atoms with E-state index in [-0.39, 0.29) is 15.2 Å². The molecule has 0 N–H and O–H groups in total. The Labute approximate surface area is 134 Å². The Hall–Kier alpha value is -1.06. The van der Waals surface area contributed by atoms with Crippen molar-refractivity contribution in [1.82, 2.24) is 14.3 Å². The van der Waals surface area contributed by atoms with Crippen LogP contribution in [0.15, 0.2) is 34.7 Å². The fourth-order valence-electron chi connectivity index (χ4n) is 1.78. The minimum atomic E-state index is -3.58. The molecule has 0 bridgehead atoms. The van der Waals surface area contributed by atoms with Crippen LogP contribution >= 0.6 is 34.3 Å². The molecule has 0 spiro atoms. The number of sulfonamides is 1. The van der Waals surface area contributed by atoms with E-state index in [0.29, 0.717) is 0 Å². The number of aromatic nitrogens is 2. The van der Waals surface area contributed by atoms with Gasteiger partial charge in [-0.3, -0.25) is 0 Å². The van der Waals surface area contributed by atoms with E-state index in [2.05, 4.69) is 9.97 Å². The summed E-state index contributed by atoms with van der Waals surface area (Å²) in [4.78, 5) is 8.21. The highest BCUT2D eigenvalue weighted by Gasteiger charge is 2.24. The first-order valence-electron chi connectivity index (χ1n) is 5.89. The lowest BCUT2D eigenvalue weighted by Gasteiger charge is -2.13. The van der Waals surface area contributed by atoms with Gasteiger partial charge < -0.3 is 0 Å². The zero-order chi connectivity index (χ0) is 15.0. The molecule has 5 nitrogen and oxygen atoms in total. The van der Waals surface area contributed by atoms with Gasteiger partial charge in [-0.1, -0.05) is 35.1 Å². The second-order valence-corrected chi connectivity index (χ2v) is 9.27. The van der Waals surface area contributed by atoms with Gasteiger partial charge in [-0.2, -0.15) is 4.31 Å². The second-order valence-electron chi connectivity index (χ2n) is 4.27. The number of rotatable bonds is 4. The quantitative estimate of drug-likeness (QED) is 0.717. The predicted molar refractivity (Wildman–Crippen MR) is 85.4 cm³/mol. The highest BCUT2D eigenvalue weighted by atomic mass is 35.5. The number of para-hydroxylation sites is 1. The largest absolute Gasteiger partial charge is 0.254 e. The van der Waals surface area contributed by atoms with Gasteiger partial charge in [0.25, 0.3) is 10.0 Å². The van der Waals surface area contributed by atoms with Crippen LogP contribution in [0.3, 0.4) is 0 Å². The molecule has 3 rings (SSSR count). The van der Waals surface area contributed by atoms with Crippen LogP contribution in [-0.2, 0) is 16.6 Å². The number of hydrogen-bond donors (Lipinski definition) is 0. The third-order valence-corrected chi connectivity index (χ3v) is 7.19. The molecule has 0 fully saturated rings. The average Bonchev–Trinajstić information content (AvgIpc) is 3.04. The number of nitrogens with zero attached hydrogens (tertiary/aromatic N) is 3. The molecule has 2 heterocycles. The summed E-state index contributed by atoms with van der Waals surface area (Å²) in [5.74, 6) is 0. The lowest BCUT2D eigenvalue weighted by Crippen LogP contribution is -2.25. The van der Waals surface area contributed by atoms with Crippen molar-refractivity contribution in [3.63, 3.8) is 0 Å². The average molecular weight is 360 g/mol. The van der Waals surface area contributed by atoms with Crippen LogP contribution in [0, 0.1) is 0 Å². The molecule has 0 atom stereocenters. The van der Waals surface area contributed by atoms with Crippen LogP contribution in [0.2, 0.25) is 4.47 Å². The third-order valence-electron chi connectivity index (χ3n) is 2.82. The molecule has 0 aliphatic rings. The molecule has 0 aliphatic heterocycles. The number of thiazole rings is 2. The van der Waals surface area contributed by atoms with Crippen molar-refractivity contribution in [3.8, 4) is 0 Å². The summed E-state index contributed by atoms with van der Waals surface area (Å²) in [6.45, 7) is 0.219. The van der Waals surface area contributed by atoms with Crippen molar-refractivity contribution in [2.45, 2.75) is 10.8 Å². The molecule has 9 heteroatoms. The molecule has 110 valence electrons. The standard InChI is InChI=1S/C12H10ClN3O2S3/c1-16(21(17,18)11-6-14-12(13)20-11)7-10-15-8-4-2-3-5-9(8)19-10/h2-6H,7H2,1H3. The van der Waals surface area contributed by atoms with Gasteiger partial charge in [-0.25, -0.2) is 18.4 Å². The Morgan fingerprint density at radius 2 is 2.05 bits per heavy atom. The van der Waals surface area contributed by atoms with Gasteiger partial charge in [0.05, 0.1) is 23.0 Å². The molecule has 0 radical (unpaired) electrons. The fraction of sp³-hybridized carbons (Fsp3) is 0.167. The maximum absolute atomic E-state index is 12.4. The lowest BCUT2D eigenvalue weighted by atomic mass is 10.3. The molecule has 3 aromatic rings. The van der Waals surface area contributed by atoms with Crippen molar-refractivity contribution < 1.29 is 8.42 Å². The topological polar surface area (TPSA) is 63.2 Å². The molecule has 0 amide bonds. The third kappa shape index (κ3) is 2.95. The lowest BCUT2D eigenvalue weighted by molar-refractivity contribution is 0.468. The van der Waals surface area contributed by atoms with Crippen LogP contribution in [0.25, 0.3) is 10.2 Å². The van der Waals surface area contributed by atoms with Crippen LogP contribution in [0.5, 0.6) is 0 Å². The van der Waals surface area contributed by atoms with Crippen molar-refractivity contribution >= 4 is 54.5 Å².